The zero-order valence-electron chi connectivity index (χ0n) is 9.41. The van der Waals surface area contributed by atoms with Crippen molar-refractivity contribution in [3.8, 4) is 11.4 Å². The fourth-order valence-electron chi connectivity index (χ4n) is 1.41. The number of rotatable bonds is 2. The first-order valence-electron chi connectivity index (χ1n) is 4.90. The third-order valence-corrected chi connectivity index (χ3v) is 3.31. The Hall–Kier alpha value is -2.22. The molecule has 0 radical (unpaired) electrons. The summed E-state index contributed by atoms with van der Waals surface area (Å²) >= 11 is 0. The van der Waals surface area contributed by atoms with E-state index in [0.717, 1.165) is 6.26 Å². The van der Waals surface area contributed by atoms with Crippen LogP contribution in [-0.2, 0) is 9.84 Å². The third kappa shape index (κ3) is 2.54. The quantitative estimate of drug-likeness (QED) is 0.778. The van der Waals surface area contributed by atoms with Crippen LogP contribution < -0.4 is 11.4 Å². The van der Waals surface area contributed by atoms with E-state index in [0.29, 0.717) is 5.56 Å². The molecule has 18 heavy (non-hydrogen) atoms. The van der Waals surface area contributed by atoms with Gasteiger partial charge in [-0.15, -0.1) is 0 Å². The average Bonchev–Trinajstić information content (AvgIpc) is 2.27. The molecule has 1 aromatic heterocycles. The van der Waals surface area contributed by atoms with Crippen molar-refractivity contribution >= 4 is 15.8 Å². The van der Waals surface area contributed by atoms with Crippen molar-refractivity contribution < 1.29 is 8.42 Å². The van der Waals surface area contributed by atoms with Gasteiger partial charge in [0, 0.05) is 11.8 Å². The number of hydrogen-bond acceptors (Lipinski definition) is 6. The Balaban J connectivity index is 2.62. The van der Waals surface area contributed by atoms with Crippen LogP contribution >= 0.6 is 0 Å². The van der Waals surface area contributed by atoms with E-state index in [1.165, 1.54) is 12.1 Å². The minimum absolute atomic E-state index is 0.137. The molecular weight excluding hydrogens is 256 g/mol. The molecular formula is C10H10N4O3S. The Morgan fingerprint density at radius 1 is 1.28 bits per heavy atom. The Bertz CT molecular complexity index is 752. The molecule has 2 aromatic rings. The van der Waals surface area contributed by atoms with Gasteiger partial charge < -0.3 is 5.73 Å². The van der Waals surface area contributed by atoms with Crippen LogP contribution in [0.4, 0.5) is 5.95 Å². The van der Waals surface area contributed by atoms with E-state index in [4.69, 9.17) is 5.73 Å². The van der Waals surface area contributed by atoms with E-state index >= 15 is 0 Å². The number of sulfone groups is 1. The van der Waals surface area contributed by atoms with Gasteiger partial charge in [-0.1, -0.05) is 12.1 Å². The molecule has 0 aliphatic heterocycles. The monoisotopic (exact) mass is 266 g/mol. The van der Waals surface area contributed by atoms with Crippen LogP contribution in [0.3, 0.4) is 0 Å². The zero-order chi connectivity index (χ0) is 13.3. The van der Waals surface area contributed by atoms with E-state index in [-0.39, 0.29) is 16.7 Å². The molecule has 7 nitrogen and oxygen atoms in total. The van der Waals surface area contributed by atoms with Crippen LogP contribution in [0.2, 0.25) is 0 Å². The summed E-state index contributed by atoms with van der Waals surface area (Å²) in [6, 6.07) is 6.04. The van der Waals surface area contributed by atoms with Crippen molar-refractivity contribution in [3.05, 3.63) is 34.7 Å². The highest BCUT2D eigenvalue weighted by atomic mass is 32.2. The van der Waals surface area contributed by atoms with Crippen molar-refractivity contribution in [2.45, 2.75) is 4.90 Å². The van der Waals surface area contributed by atoms with Gasteiger partial charge in [0.05, 0.1) is 4.90 Å². The number of nitrogens with one attached hydrogen (secondary N) is 1. The van der Waals surface area contributed by atoms with Crippen molar-refractivity contribution in [1.29, 1.82) is 0 Å². The summed E-state index contributed by atoms with van der Waals surface area (Å²) in [6.45, 7) is 0. The number of H-pyrrole nitrogens is 1. The van der Waals surface area contributed by atoms with E-state index in [1.807, 2.05) is 0 Å². The first kappa shape index (κ1) is 12.2. The summed E-state index contributed by atoms with van der Waals surface area (Å²) in [5, 5.41) is 0. The van der Waals surface area contributed by atoms with E-state index in [1.54, 1.807) is 12.1 Å². The molecule has 0 saturated carbocycles. The lowest BCUT2D eigenvalue weighted by atomic mass is 10.2. The lowest BCUT2D eigenvalue weighted by molar-refractivity contribution is 0.602. The van der Waals surface area contributed by atoms with Crippen molar-refractivity contribution in [3.63, 3.8) is 0 Å². The number of nitrogens with two attached hydrogens (primary N) is 1. The summed E-state index contributed by atoms with van der Waals surface area (Å²) in [6.07, 6.45) is 1.10. The van der Waals surface area contributed by atoms with Crippen molar-refractivity contribution in [1.82, 2.24) is 15.0 Å². The number of hydrogen-bond donors (Lipinski definition) is 2. The maximum atomic E-state index is 11.4. The normalized spacial score (nSPS) is 11.4. The van der Waals surface area contributed by atoms with Crippen molar-refractivity contribution in [2.75, 3.05) is 12.0 Å². The molecule has 3 N–H and O–H groups in total. The van der Waals surface area contributed by atoms with Gasteiger partial charge in [0.15, 0.2) is 9.84 Å². The van der Waals surface area contributed by atoms with Gasteiger partial charge in [-0.3, -0.25) is 4.98 Å². The molecule has 0 fully saturated rings. The summed E-state index contributed by atoms with van der Waals surface area (Å²) in [4.78, 5) is 20.9. The zero-order valence-corrected chi connectivity index (χ0v) is 10.2. The number of benzene rings is 1. The largest absolute Gasteiger partial charge is 0.368 e. The predicted molar refractivity (Wildman–Crippen MR) is 65.6 cm³/mol. The highest BCUT2D eigenvalue weighted by Crippen LogP contribution is 2.18. The maximum absolute atomic E-state index is 11.4. The Kier molecular flexibility index (Phi) is 2.87. The molecule has 0 aliphatic carbocycles. The molecule has 0 unspecified atom stereocenters. The van der Waals surface area contributed by atoms with Crippen LogP contribution in [0.25, 0.3) is 11.4 Å². The predicted octanol–water partition coefficient (Wildman–Crippen LogP) is -0.182. The first-order chi connectivity index (χ1) is 8.36. The SMILES string of the molecule is CS(=O)(=O)c1cccc(-c2nc(N)nc(=O)[nH]2)c1. The van der Waals surface area contributed by atoms with E-state index in [9.17, 15) is 13.2 Å². The average molecular weight is 266 g/mol. The number of aromatic amines is 1. The lowest BCUT2D eigenvalue weighted by Gasteiger charge is -2.03. The highest BCUT2D eigenvalue weighted by molar-refractivity contribution is 7.90. The van der Waals surface area contributed by atoms with Crippen molar-refractivity contribution in [2.24, 2.45) is 0 Å². The fraction of sp³-hybridized carbons (Fsp3) is 0.100. The van der Waals surface area contributed by atoms with Gasteiger partial charge in [-0.05, 0) is 12.1 Å². The summed E-state index contributed by atoms with van der Waals surface area (Å²) in [5.74, 6) is 0.0107. The van der Waals surface area contributed by atoms with E-state index in [2.05, 4.69) is 15.0 Å². The Morgan fingerprint density at radius 3 is 2.61 bits per heavy atom. The summed E-state index contributed by atoms with van der Waals surface area (Å²) in [7, 11) is -3.32. The number of anilines is 1. The van der Waals surface area contributed by atoms with E-state index < -0.39 is 15.5 Å². The lowest BCUT2D eigenvalue weighted by Crippen LogP contribution is -2.15. The maximum Gasteiger partial charge on any atom is 0.349 e. The van der Waals surface area contributed by atoms with Gasteiger partial charge in [0.25, 0.3) is 0 Å². The van der Waals surface area contributed by atoms with Crippen LogP contribution in [0.5, 0.6) is 0 Å². The van der Waals surface area contributed by atoms with Gasteiger partial charge >= 0.3 is 5.69 Å². The standard InChI is InChI=1S/C10H10N4O3S/c1-18(16,17)7-4-2-3-6(5-7)8-12-9(11)14-10(15)13-8/h2-5H,1H3,(H3,11,12,13,14,15). The molecule has 1 aromatic carbocycles. The number of nitrogen functional groups attached to an aromatic ring is 1. The minimum Gasteiger partial charge on any atom is -0.368 e. The summed E-state index contributed by atoms with van der Waals surface area (Å²) in [5.41, 5.74) is 5.17. The second kappa shape index (κ2) is 4.22. The molecule has 2 rings (SSSR count). The van der Waals surface area contributed by atoms with Gasteiger partial charge in [0.1, 0.15) is 5.82 Å². The number of aromatic nitrogens is 3. The molecule has 0 spiro atoms. The molecule has 94 valence electrons. The molecule has 8 heteroatoms. The first-order valence-corrected chi connectivity index (χ1v) is 6.80. The highest BCUT2D eigenvalue weighted by Gasteiger charge is 2.10. The minimum atomic E-state index is -3.32. The van der Waals surface area contributed by atoms with Gasteiger partial charge in [-0.25, -0.2) is 13.2 Å². The molecule has 0 aliphatic rings. The second-order valence-electron chi connectivity index (χ2n) is 3.66. The van der Waals surface area contributed by atoms with Crippen LogP contribution in [0.1, 0.15) is 0 Å². The molecule has 0 amide bonds. The fourth-order valence-corrected chi connectivity index (χ4v) is 2.08. The van der Waals surface area contributed by atoms with Gasteiger partial charge in [0.2, 0.25) is 5.95 Å². The summed E-state index contributed by atoms with van der Waals surface area (Å²) < 4.78 is 22.8. The molecule has 1 heterocycles. The van der Waals surface area contributed by atoms with Gasteiger partial charge in [-0.2, -0.15) is 9.97 Å². The van der Waals surface area contributed by atoms with Crippen LogP contribution in [0, 0.1) is 0 Å². The topological polar surface area (TPSA) is 119 Å². The van der Waals surface area contributed by atoms with Crippen LogP contribution in [0.15, 0.2) is 34.0 Å². The Morgan fingerprint density at radius 2 is 2.00 bits per heavy atom. The smallest absolute Gasteiger partial charge is 0.349 e. The Labute approximate surface area is 103 Å². The van der Waals surface area contributed by atoms with Crippen LogP contribution in [-0.4, -0.2) is 29.6 Å². The molecule has 0 saturated heterocycles. The molecule has 0 atom stereocenters. The number of nitrogens with zero attached hydrogens (tertiary/aromatic N) is 2. The second-order valence-corrected chi connectivity index (χ2v) is 5.68. The molecule has 0 bridgehead atoms. The third-order valence-electron chi connectivity index (χ3n) is 2.20.